The predicted octanol–water partition coefficient (Wildman–Crippen LogP) is 3.08. The highest BCUT2D eigenvalue weighted by Gasteiger charge is 2.35. The molecular formula is C19H24N4O2S. The van der Waals surface area contributed by atoms with Gasteiger partial charge in [-0.3, -0.25) is 9.59 Å². The van der Waals surface area contributed by atoms with E-state index in [1.807, 2.05) is 32.0 Å². The van der Waals surface area contributed by atoms with Gasteiger partial charge in [-0.1, -0.05) is 48.6 Å². The number of carbonyl (C=O) groups is 2. The molecule has 1 fully saturated rings. The van der Waals surface area contributed by atoms with Gasteiger partial charge < -0.3 is 10.2 Å². The maximum atomic E-state index is 12.4. The van der Waals surface area contributed by atoms with Crippen LogP contribution in [-0.4, -0.2) is 39.5 Å². The van der Waals surface area contributed by atoms with Crippen LogP contribution in [0.5, 0.6) is 0 Å². The van der Waals surface area contributed by atoms with Crippen molar-refractivity contribution in [2.75, 3.05) is 11.9 Å². The van der Waals surface area contributed by atoms with Gasteiger partial charge in [0.15, 0.2) is 0 Å². The van der Waals surface area contributed by atoms with Gasteiger partial charge in [0.05, 0.1) is 5.92 Å². The average molecular weight is 372 g/mol. The maximum Gasteiger partial charge on any atom is 0.231 e. The van der Waals surface area contributed by atoms with E-state index in [9.17, 15) is 9.59 Å². The fourth-order valence-corrected chi connectivity index (χ4v) is 4.03. The molecule has 2 aromatic rings. The molecule has 1 saturated heterocycles. The summed E-state index contributed by atoms with van der Waals surface area (Å²) in [5.74, 6) is -0.102. The normalized spacial score (nSPS) is 18.4. The lowest BCUT2D eigenvalue weighted by Gasteiger charge is -2.20. The lowest BCUT2D eigenvalue weighted by atomic mass is 9.98. The van der Waals surface area contributed by atoms with E-state index in [1.165, 1.54) is 16.9 Å². The first kappa shape index (κ1) is 18.5. The van der Waals surface area contributed by atoms with Gasteiger partial charge in [-0.25, -0.2) is 0 Å². The Morgan fingerprint density at radius 2 is 2.00 bits per heavy atom. The summed E-state index contributed by atoms with van der Waals surface area (Å²) in [6, 6.07) is 10.4. The lowest BCUT2D eigenvalue weighted by Crippen LogP contribution is -2.33. The lowest BCUT2D eigenvalue weighted by molar-refractivity contribution is -0.129. The van der Waals surface area contributed by atoms with Crippen molar-refractivity contribution in [3.05, 3.63) is 40.9 Å². The van der Waals surface area contributed by atoms with Crippen molar-refractivity contribution in [2.24, 2.45) is 5.92 Å². The van der Waals surface area contributed by atoms with Crippen LogP contribution in [0.25, 0.3) is 0 Å². The highest BCUT2D eigenvalue weighted by atomic mass is 32.1. The predicted molar refractivity (Wildman–Crippen MR) is 102 cm³/mol. The fourth-order valence-electron chi connectivity index (χ4n) is 3.16. The van der Waals surface area contributed by atoms with Crippen LogP contribution in [-0.2, 0) is 16.0 Å². The molecule has 6 nitrogen and oxygen atoms in total. The van der Waals surface area contributed by atoms with Gasteiger partial charge in [-0.2, -0.15) is 0 Å². The Kier molecular flexibility index (Phi) is 5.66. The molecule has 1 aromatic carbocycles. The monoisotopic (exact) mass is 372 g/mol. The first-order valence-electron chi connectivity index (χ1n) is 8.91. The Morgan fingerprint density at radius 3 is 2.65 bits per heavy atom. The van der Waals surface area contributed by atoms with E-state index in [4.69, 9.17) is 0 Å². The standard InChI is InChI=1S/C19H24N4O2S/c1-12(2)23-11-15(10-17(23)24)18(25)20-19-22-21-16(26-19)9-13(3)14-7-5-4-6-8-14/h4-8,12-13,15H,9-11H2,1-3H3,(H,20,22,25)/t13-,15+/m1/s1. The molecular weight excluding hydrogens is 348 g/mol. The van der Waals surface area contributed by atoms with Gasteiger partial charge in [0.1, 0.15) is 5.01 Å². The number of nitrogens with one attached hydrogen (secondary N) is 1. The van der Waals surface area contributed by atoms with Gasteiger partial charge in [0.2, 0.25) is 16.9 Å². The van der Waals surface area contributed by atoms with Gasteiger partial charge in [0, 0.05) is 25.4 Å². The highest BCUT2D eigenvalue weighted by Crippen LogP contribution is 2.26. The van der Waals surface area contributed by atoms with Crippen LogP contribution in [0.3, 0.4) is 0 Å². The van der Waals surface area contributed by atoms with Crippen LogP contribution >= 0.6 is 11.3 Å². The van der Waals surface area contributed by atoms with E-state index < -0.39 is 0 Å². The number of hydrogen-bond donors (Lipinski definition) is 1. The molecule has 2 heterocycles. The number of anilines is 1. The van der Waals surface area contributed by atoms with Crippen molar-refractivity contribution < 1.29 is 9.59 Å². The van der Waals surface area contributed by atoms with Crippen LogP contribution in [0.15, 0.2) is 30.3 Å². The number of likely N-dealkylation sites (tertiary alicyclic amines) is 1. The van der Waals surface area contributed by atoms with Crippen LogP contribution < -0.4 is 5.32 Å². The second kappa shape index (κ2) is 7.95. The molecule has 138 valence electrons. The van der Waals surface area contributed by atoms with E-state index >= 15 is 0 Å². The summed E-state index contributed by atoms with van der Waals surface area (Å²) in [4.78, 5) is 26.1. The summed E-state index contributed by atoms with van der Waals surface area (Å²) in [5.41, 5.74) is 1.26. The second-order valence-corrected chi connectivity index (χ2v) is 8.11. The molecule has 1 aliphatic heterocycles. The van der Waals surface area contributed by atoms with E-state index in [-0.39, 0.29) is 30.2 Å². The van der Waals surface area contributed by atoms with Crippen LogP contribution in [0.4, 0.5) is 5.13 Å². The quantitative estimate of drug-likeness (QED) is 0.845. The highest BCUT2D eigenvalue weighted by molar-refractivity contribution is 7.15. The van der Waals surface area contributed by atoms with Crippen LogP contribution in [0.2, 0.25) is 0 Å². The minimum atomic E-state index is -0.319. The van der Waals surface area contributed by atoms with Crippen molar-refractivity contribution in [3.8, 4) is 0 Å². The third kappa shape index (κ3) is 4.27. The smallest absolute Gasteiger partial charge is 0.231 e. The summed E-state index contributed by atoms with van der Waals surface area (Å²) in [5, 5.41) is 12.5. The topological polar surface area (TPSA) is 75.2 Å². The Balaban J connectivity index is 1.57. The molecule has 0 unspecified atom stereocenters. The Morgan fingerprint density at radius 1 is 1.27 bits per heavy atom. The zero-order valence-corrected chi connectivity index (χ0v) is 16.1. The zero-order chi connectivity index (χ0) is 18.7. The van der Waals surface area contributed by atoms with Gasteiger partial charge in [-0.05, 0) is 25.3 Å². The largest absolute Gasteiger partial charge is 0.339 e. The van der Waals surface area contributed by atoms with Crippen molar-refractivity contribution in [3.63, 3.8) is 0 Å². The number of carbonyl (C=O) groups excluding carboxylic acids is 2. The van der Waals surface area contributed by atoms with Crippen LogP contribution in [0.1, 0.15) is 43.7 Å². The van der Waals surface area contributed by atoms with Gasteiger partial charge in [0.25, 0.3) is 0 Å². The molecule has 26 heavy (non-hydrogen) atoms. The molecule has 0 spiro atoms. The average Bonchev–Trinajstić information content (AvgIpc) is 3.22. The summed E-state index contributed by atoms with van der Waals surface area (Å²) in [7, 11) is 0. The SMILES string of the molecule is CC(C)N1C[C@@H](C(=O)Nc2nnc(C[C@@H](C)c3ccccc3)s2)CC1=O. The summed E-state index contributed by atoms with van der Waals surface area (Å²) < 4.78 is 0. The minimum absolute atomic E-state index is 0.0368. The van der Waals surface area contributed by atoms with E-state index in [1.54, 1.807) is 4.90 Å². The molecule has 2 amide bonds. The van der Waals surface area contributed by atoms with E-state index in [0.29, 0.717) is 17.6 Å². The summed E-state index contributed by atoms with van der Waals surface area (Å²) >= 11 is 1.40. The molecule has 2 atom stereocenters. The molecule has 0 saturated carbocycles. The molecule has 3 rings (SSSR count). The van der Waals surface area contributed by atoms with E-state index in [0.717, 1.165) is 11.4 Å². The van der Waals surface area contributed by atoms with Gasteiger partial charge >= 0.3 is 0 Å². The maximum absolute atomic E-state index is 12.4. The molecule has 7 heteroatoms. The Labute approximate surface area is 157 Å². The van der Waals surface area contributed by atoms with Crippen molar-refractivity contribution in [1.82, 2.24) is 15.1 Å². The third-order valence-electron chi connectivity index (χ3n) is 4.70. The molecule has 0 aliphatic carbocycles. The van der Waals surface area contributed by atoms with Crippen LogP contribution in [0, 0.1) is 5.92 Å². The number of aromatic nitrogens is 2. The van der Waals surface area contributed by atoms with Crippen molar-refractivity contribution >= 4 is 28.3 Å². The number of amides is 2. The number of hydrogen-bond acceptors (Lipinski definition) is 5. The van der Waals surface area contributed by atoms with Crippen molar-refractivity contribution in [1.29, 1.82) is 0 Å². The fraction of sp³-hybridized carbons (Fsp3) is 0.474. The summed E-state index contributed by atoms with van der Waals surface area (Å²) in [6.45, 7) is 6.55. The molecule has 1 aromatic heterocycles. The second-order valence-electron chi connectivity index (χ2n) is 7.05. The summed E-state index contributed by atoms with van der Waals surface area (Å²) in [6.07, 6.45) is 1.04. The third-order valence-corrected chi connectivity index (χ3v) is 5.56. The molecule has 1 N–H and O–H groups in total. The number of rotatable bonds is 6. The first-order valence-corrected chi connectivity index (χ1v) is 9.73. The first-order chi connectivity index (χ1) is 12.4. The van der Waals surface area contributed by atoms with Gasteiger partial charge in [-0.15, -0.1) is 10.2 Å². The van der Waals surface area contributed by atoms with Crippen molar-refractivity contribution in [2.45, 2.75) is 45.6 Å². The molecule has 1 aliphatic rings. The molecule has 0 radical (unpaired) electrons. The number of nitrogens with zero attached hydrogens (tertiary/aromatic N) is 3. The minimum Gasteiger partial charge on any atom is -0.339 e. The number of benzene rings is 1. The molecule has 0 bridgehead atoms. The van der Waals surface area contributed by atoms with E-state index in [2.05, 4.69) is 34.6 Å². The Hall–Kier alpha value is -2.28. The Bertz CT molecular complexity index is 775. The zero-order valence-electron chi connectivity index (χ0n) is 15.3.